The van der Waals surface area contributed by atoms with Crippen LogP contribution in [0.1, 0.15) is 5.56 Å². The Hall–Kier alpha value is -0.570. The highest BCUT2D eigenvalue weighted by atomic mass is 32.1. The van der Waals surface area contributed by atoms with E-state index in [2.05, 4.69) is 17.6 Å². The minimum absolute atomic E-state index is 0.304. The summed E-state index contributed by atoms with van der Waals surface area (Å²) < 4.78 is 12.3. The molecule has 0 aliphatic carbocycles. The molecule has 0 unspecified atom stereocenters. The summed E-state index contributed by atoms with van der Waals surface area (Å²) in [6.45, 7) is 0. The Balaban J connectivity index is 2.94. The summed E-state index contributed by atoms with van der Waals surface area (Å²) in [6.07, 6.45) is 2.77. The molecule has 1 heterocycles. The van der Waals surface area contributed by atoms with Crippen molar-refractivity contribution in [1.82, 2.24) is 4.98 Å². The van der Waals surface area contributed by atoms with Gasteiger partial charge in [0.05, 0.1) is 6.20 Å². The summed E-state index contributed by atoms with van der Waals surface area (Å²) in [5.41, 5.74) is 0.804. The van der Waals surface area contributed by atoms with Crippen molar-refractivity contribution in [2.75, 3.05) is 0 Å². The highest BCUT2D eigenvalue weighted by Gasteiger charge is 1.90. The zero-order chi connectivity index (χ0) is 6.69. The van der Waals surface area contributed by atoms with Crippen LogP contribution < -0.4 is 0 Å². The van der Waals surface area contributed by atoms with Gasteiger partial charge in [-0.2, -0.15) is 12.6 Å². The third-order valence-corrected chi connectivity index (χ3v) is 1.31. The highest BCUT2D eigenvalue weighted by molar-refractivity contribution is 7.79. The monoisotopic (exact) mass is 143 g/mol. The number of hydrogen-bond donors (Lipinski definition) is 1. The van der Waals surface area contributed by atoms with Gasteiger partial charge in [0.25, 0.3) is 0 Å². The van der Waals surface area contributed by atoms with Crippen LogP contribution in [0.2, 0.25) is 0 Å². The smallest absolute Gasteiger partial charge is 0.141 e. The van der Waals surface area contributed by atoms with Crippen LogP contribution in [0.5, 0.6) is 0 Å². The summed E-state index contributed by atoms with van der Waals surface area (Å²) in [5, 5.41) is 0. The maximum absolute atomic E-state index is 12.3. The van der Waals surface area contributed by atoms with Gasteiger partial charge in [-0.05, 0) is 11.6 Å². The van der Waals surface area contributed by atoms with Crippen LogP contribution in [-0.4, -0.2) is 4.98 Å². The molecule has 0 N–H and O–H groups in total. The van der Waals surface area contributed by atoms with E-state index in [1.807, 2.05) is 0 Å². The minimum Gasteiger partial charge on any atom is -0.261 e. The van der Waals surface area contributed by atoms with Crippen molar-refractivity contribution < 1.29 is 4.39 Å². The fourth-order valence-electron chi connectivity index (χ4n) is 0.542. The second kappa shape index (κ2) is 2.82. The van der Waals surface area contributed by atoms with Crippen molar-refractivity contribution in [3.8, 4) is 0 Å². The lowest BCUT2D eigenvalue weighted by Gasteiger charge is -1.91. The fourth-order valence-corrected chi connectivity index (χ4v) is 0.715. The Kier molecular flexibility index (Phi) is 2.05. The van der Waals surface area contributed by atoms with Crippen LogP contribution in [0.25, 0.3) is 0 Å². The lowest BCUT2D eigenvalue weighted by molar-refractivity contribution is 0.619. The molecule has 0 atom stereocenters. The predicted molar refractivity (Wildman–Crippen MR) is 36.9 cm³/mol. The Labute approximate surface area is 58.3 Å². The number of halogens is 1. The second-order valence-electron chi connectivity index (χ2n) is 1.67. The first-order chi connectivity index (χ1) is 4.33. The number of thiol groups is 1. The van der Waals surface area contributed by atoms with Gasteiger partial charge in [0.15, 0.2) is 0 Å². The molecule has 0 saturated heterocycles. The van der Waals surface area contributed by atoms with E-state index in [9.17, 15) is 4.39 Å². The molecule has 0 aromatic carbocycles. The molecule has 1 aromatic rings. The fraction of sp³-hybridized carbons (Fsp3) is 0.167. The number of pyridine rings is 1. The minimum atomic E-state index is -0.304. The lowest BCUT2D eigenvalue weighted by atomic mass is 10.3. The average molecular weight is 143 g/mol. The van der Waals surface area contributed by atoms with Crippen LogP contribution >= 0.6 is 12.6 Å². The largest absolute Gasteiger partial charge is 0.261 e. The molecule has 1 nitrogen and oxygen atoms in total. The van der Waals surface area contributed by atoms with E-state index in [1.54, 1.807) is 6.20 Å². The van der Waals surface area contributed by atoms with Gasteiger partial charge in [-0.15, -0.1) is 0 Å². The van der Waals surface area contributed by atoms with Gasteiger partial charge in [0, 0.05) is 11.9 Å². The third kappa shape index (κ3) is 1.68. The van der Waals surface area contributed by atoms with Gasteiger partial charge < -0.3 is 0 Å². The molecule has 0 bridgehead atoms. The zero-order valence-electron chi connectivity index (χ0n) is 4.71. The van der Waals surface area contributed by atoms with E-state index < -0.39 is 0 Å². The summed E-state index contributed by atoms with van der Waals surface area (Å²) in [5.74, 6) is 0.228. The van der Waals surface area contributed by atoms with E-state index >= 15 is 0 Å². The van der Waals surface area contributed by atoms with Gasteiger partial charge in [-0.1, -0.05) is 0 Å². The van der Waals surface area contributed by atoms with Crippen LogP contribution in [0.15, 0.2) is 18.5 Å². The Morgan fingerprint density at radius 1 is 1.56 bits per heavy atom. The maximum Gasteiger partial charge on any atom is 0.141 e. The Morgan fingerprint density at radius 3 is 2.78 bits per heavy atom. The molecule has 0 aliphatic heterocycles. The molecule has 0 aliphatic rings. The topological polar surface area (TPSA) is 12.9 Å². The third-order valence-electron chi connectivity index (χ3n) is 0.944. The Morgan fingerprint density at radius 2 is 2.33 bits per heavy atom. The number of nitrogens with zero attached hydrogens (tertiary/aromatic N) is 1. The van der Waals surface area contributed by atoms with E-state index in [-0.39, 0.29) is 5.82 Å². The molecule has 0 spiro atoms. The Bertz CT molecular complexity index is 202. The van der Waals surface area contributed by atoms with Crippen molar-refractivity contribution in [2.45, 2.75) is 5.75 Å². The van der Waals surface area contributed by atoms with E-state index in [1.165, 1.54) is 12.3 Å². The van der Waals surface area contributed by atoms with Crippen molar-refractivity contribution in [1.29, 1.82) is 0 Å². The quantitative estimate of drug-likeness (QED) is 0.590. The zero-order valence-corrected chi connectivity index (χ0v) is 5.61. The van der Waals surface area contributed by atoms with E-state index in [4.69, 9.17) is 0 Å². The van der Waals surface area contributed by atoms with Gasteiger partial charge >= 0.3 is 0 Å². The first kappa shape index (κ1) is 6.55. The molecular weight excluding hydrogens is 137 g/mol. The highest BCUT2D eigenvalue weighted by Crippen LogP contribution is 2.02. The molecule has 0 amide bonds. The molecular formula is C6H6FNS. The second-order valence-corrected chi connectivity index (χ2v) is 1.99. The van der Waals surface area contributed by atoms with Gasteiger partial charge in [0.2, 0.25) is 0 Å². The normalized spacial score (nSPS) is 9.56. The summed E-state index contributed by atoms with van der Waals surface area (Å²) in [6, 6.07) is 1.42. The van der Waals surface area contributed by atoms with Crippen molar-refractivity contribution in [3.63, 3.8) is 0 Å². The summed E-state index contributed by atoms with van der Waals surface area (Å²) >= 11 is 3.95. The first-order valence-corrected chi connectivity index (χ1v) is 3.16. The molecule has 0 fully saturated rings. The molecule has 0 saturated carbocycles. The van der Waals surface area contributed by atoms with Gasteiger partial charge in [-0.25, -0.2) is 4.39 Å². The summed E-state index contributed by atoms with van der Waals surface area (Å²) in [4.78, 5) is 3.63. The first-order valence-electron chi connectivity index (χ1n) is 2.53. The van der Waals surface area contributed by atoms with E-state index in [0.717, 1.165) is 5.56 Å². The maximum atomic E-state index is 12.3. The molecule has 0 radical (unpaired) electrons. The molecule has 3 heteroatoms. The lowest BCUT2D eigenvalue weighted by Crippen LogP contribution is -1.82. The van der Waals surface area contributed by atoms with Crippen molar-refractivity contribution in [2.24, 2.45) is 0 Å². The van der Waals surface area contributed by atoms with Gasteiger partial charge in [-0.3, -0.25) is 4.98 Å². The number of aromatic nitrogens is 1. The molecule has 1 rings (SSSR count). The SMILES string of the molecule is Fc1cncc(CS)c1. The number of rotatable bonds is 1. The van der Waals surface area contributed by atoms with E-state index in [0.29, 0.717) is 5.75 Å². The van der Waals surface area contributed by atoms with Gasteiger partial charge in [0.1, 0.15) is 5.82 Å². The molecule has 1 aromatic heterocycles. The summed E-state index contributed by atoms with van der Waals surface area (Å²) in [7, 11) is 0. The molecule has 48 valence electrons. The van der Waals surface area contributed by atoms with Crippen molar-refractivity contribution in [3.05, 3.63) is 29.8 Å². The van der Waals surface area contributed by atoms with Crippen LogP contribution in [0, 0.1) is 5.82 Å². The predicted octanol–water partition coefficient (Wildman–Crippen LogP) is 1.65. The van der Waals surface area contributed by atoms with Crippen LogP contribution in [0.4, 0.5) is 4.39 Å². The van der Waals surface area contributed by atoms with Crippen LogP contribution in [-0.2, 0) is 5.75 Å². The molecule has 9 heavy (non-hydrogen) atoms. The standard InChI is InChI=1S/C6H6FNS/c7-6-1-5(4-9)2-8-3-6/h1-3,9H,4H2. The number of hydrogen-bond acceptors (Lipinski definition) is 2. The van der Waals surface area contributed by atoms with Crippen LogP contribution in [0.3, 0.4) is 0 Å². The van der Waals surface area contributed by atoms with Crippen molar-refractivity contribution >= 4 is 12.6 Å². The average Bonchev–Trinajstić information content (AvgIpc) is 1.88.